The Morgan fingerprint density at radius 1 is 1.03 bits per heavy atom. The molecule has 0 saturated heterocycles. The van der Waals surface area contributed by atoms with Crippen molar-refractivity contribution in [1.82, 2.24) is 19.9 Å². The summed E-state index contributed by atoms with van der Waals surface area (Å²) < 4.78 is 41.7. The number of anilines is 1. The van der Waals surface area contributed by atoms with Crippen molar-refractivity contribution in [2.24, 2.45) is 0 Å². The van der Waals surface area contributed by atoms with Crippen molar-refractivity contribution in [1.29, 1.82) is 0 Å². The SMILES string of the molecule is Cc1cc2nnc(SCC(=O)NCC(=O)Nc3ccc(F)c(F)c3F)n2c2ccccc12. The molecule has 2 heterocycles. The Hall–Kier alpha value is -3.60. The van der Waals surface area contributed by atoms with E-state index in [4.69, 9.17) is 0 Å². The van der Waals surface area contributed by atoms with Gasteiger partial charge in [-0.1, -0.05) is 30.0 Å². The molecule has 0 aliphatic carbocycles. The van der Waals surface area contributed by atoms with Crippen LogP contribution in [0.25, 0.3) is 16.6 Å². The van der Waals surface area contributed by atoms with E-state index in [0.29, 0.717) is 16.9 Å². The fourth-order valence-corrected chi connectivity index (χ4v) is 3.93. The molecule has 32 heavy (non-hydrogen) atoms. The van der Waals surface area contributed by atoms with Crippen LogP contribution in [-0.2, 0) is 9.59 Å². The number of nitrogens with one attached hydrogen (secondary N) is 2. The molecular formula is C21H16F3N5O2S. The molecule has 4 rings (SSSR count). The maximum absolute atomic E-state index is 13.6. The van der Waals surface area contributed by atoms with Gasteiger partial charge in [0, 0.05) is 5.39 Å². The highest BCUT2D eigenvalue weighted by Crippen LogP contribution is 2.25. The van der Waals surface area contributed by atoms with Gasteiger partial charge in [-0.25, -0.2) is 13.2 Å². The third-order valence-electron chi connectivity index (χ3n) is 4.66. The van der Waals surface area contributed by atoms with Crippen LogP contribution >= 0.6 is 11.8 Å². The number of carbonyl (C=O) groups is 2. The number of amides is 2. The third kappa shape index (κ3) is 4.24. The van der Waals surface area contributed by atoms with Crippen molar-refractivity contribution in [3.63, 3.8) is 0 Å². The van der Waals surface area contributed by atoms with Gasteiger partial charge in [0.05, 0.1) is 23.5 Å². The van der Waals surface area contributed by atoms with Gasteiger partial charge in [0.25, 0.3) is 0 Å². The second-order valence-corrected chi connectivity index (χ2v) is 7.80. The van der Waals surface area contributed by atoms with Gasteiger partial charge in [-0.2, -0.15) is 0 Å². The molecule has 0 atom stereocenters. The molecule has 7 nitrogen and oxygen atoms in total. The number of hydrogen-bond acceptors (Lipinski definition) is 5. The van der Waals surface area contributed by atoms with Crippen LogP contribution in [0.5, 0.6) is 0 Å². The average molecular weight is 459 g/mol. The number of thioether (sulfide) groups is 1. The summed E-state index contributed by atoms with van der Waals surface area (Å²) in [4.78, 5) is 24.1. The quantitative estimate of drug-likeness (QED) is 0.341. The van der Waals surface area contributed by atoms with Gasteiger partial charge in [0.1, 0.15) is 0 Å². The Morgan fingerprint density at radius 3 is 2.62 bits per heavy atom. The standard InChI is InChI=1S/C21H16F3N5O2S/c1-11-8-16-27-28-21(29(16)15-5-3-2-4-12(11)15)32-10-18(31)25-9-17(30)26-14-7-6-13(22)19(23)20(14)24/h2-8H,9-10H2,1H3,(H,25,31)(H,26,30). The van der Waals surface area contributed by atoms with Crippen LogP contribution in [0.1, 0.15) is 5.56 Å². The van der Waals surface area contributed by atoms with Crippen LogP contribution in [0.2, 0.25) is 0 Å². The Morgan fingerprint density at radius 2 is 1.81 bits per heavy atom. The van der Waals surface area contributed by atoms with E-state index in [-0.39, 0.29) is 5.75 Å². The topological polar surface area (TPSA) is 88.4 Å². The highest BCUT2D eigenvalue weighted by Gasteiger charge is 2.16. The Balaban J connectivity index is 1.38. The van der Waals surface area contributed by atoms with E-state index in [2.05, 4.69) is 20.8 Å². The number of halogens is 3. The molecule has 2 aromatic heterocycles. The molecule has 0 saturated carbocycles. The second-order valence-electron chi connectivity index (χ2n) is 6.86. The van der Waals surface area contributed by atoms with Crippen LogP contribution in [-0.4, -0.2) is 38.7 Å². The molecule has 2 amide bonds. The second kappa shape index (κ2) is 8.87. The van der Waals surface area contributed by atoms with Crippen LogP contribution in [0.15, 0.2) is 47.6 Å². The highest BCUT2D eigenvalue weighted by molar-refractivity contribution is 7.99. The zero-order valence-electron chi connectivity index (χ0n) is 16.7. The molecular weight excluding hydrogens is 443 g/mol. The first-order valence-electron chi connectivity index (χ1n) is 9.41. The van der Waals surface area contributed by atoms with Crippen LogP contribution < -0.4 is 10.6 Å². The molecule has 11 heteroatoms. The minimum atomic E-state index is -1.69. The first kappa shape index (κ1) is 21.6. The molecule has 164 valence electrons. The summed E-state index contributed by atoms with van der Waals surface area (Å²) in [5, 5.41) is 14.3. The third-order valence-corrected chi connectivity index (χ3v) is 5.59. The van der Waals surface area contributed by atoms with Crippen molar-refractivity contribution in [2.75, 3.05) is 17.6 Å². The molecule has 2 aromatic carbocycles. The predicted molar refractivity (Wildman–Crippen MR) is 114 cm³/mol. The van der Waals surface area contributed by atoms with E-state index in [1.807, 2.05) is 41.7 Å². The van der Waals surface area contributed by atoms with Crippen molar-refractivity contribution >= 4 is 45.8 Å². The maximum Gasteiger partial charge on any atom is 0.243 e. The van der Waals surface area contributed by atoms with Gasteiger partial charge in [0.2, 0.25) is 11.8 Å². The molecule has 0 spiro atoms. The number of benzene rings is 2. The van der Waals surface area contributed by atoms with Crippen LogP contribution in [0.4, 0.5) is 18.9 Å². The smallest absolute Gasteiger partial charge is 0.243 e. The van der Waals surface area contributed by atoms with E-state index in [0.717, 1.165) is 34.3 Å². The molecule has 0 unspecified atom stereocenters. The number of nitrogens with zero attached hydrogens (tertiary/aromatic N) is 3. The van der Waals surface area contributed by atoms with E-state index in [1.54, 1.807) is 0 Å². The number of aromatic nitrogens is 3. The highest BCUT2D eigenvalue weighted by atomic mass is 32.2. The summed E-state index contributed by atoms with van der Waals surface area (Å²) >= 11 is 1.14. The number of para-hydroxylation sites is 1. The lowest BCUT2D eigenvalue weighted by atomic mass is 10.1. The number of hydrogen-bond donors (Lipinski definition) is 2. The molecule has 0 aliphatic heterocycles. The number of aryl methyl sites for hydroxylation is 1. The summed E-state index contributed by atoms with van der Waals surface area (Å²) in [6.07, 6.45) is 0. The fraction of sp³-hybridized carbons (Fsp3) is 0.143. The monoisotopic (exact) mass is 459 g/mol. The average Bonchev–Trinajstić information content (AvgIpc) is 3.19. The molecule has 2 N–H and O–H groups in total. The lowest BCUT2D eigenvalue weighted by molar-refractivity contribution is -0.122. The van der Waals surface area contributed by atoms with Crippen molar-refractivity contribution in [3.05, 3.63) is 65.5 Å². The summed E-state index contributed by atoms with van der Waals surface area (Å²) in [7, 11) is 0. The largest absolute Gasteiger partial charge is 0.346 e. The molecule has 0 bridgehead atoms. The Labute approximate surface area is 184 Å². The minimum Gasteiger partial charge on any atom is -0.346 e. The van der Waals surface area contributed by atoms with Crippen molar-refractivity contribution in [2.45, 2.75) is 12.1 Å². The van der Waals surface area contributed by atoms with Crippen molar-refractivity contribution < 1.29 is 22.8 Å². The lowest BCUT2D eigenvalue weighted by Gasteiger charge is -2.09. The molecule has 4 aromatic rings. The minimum absolute atomic E-state index is 0.0458. The zero-order chi connectivity index (χ0) is 22.8. The number of carbonyl (C=O) groups excluding carboxylic acids is 2. The van der Waals surface area contributed by atoms with Gasteiger partial charge in [-0.05, 0) is 36.8 Å². The normalized spacial score (nSPS) is 11.1. The van der Waals surface area contributed by atoms with Crippen LogP contribution in [0.3, 0.4) is 0 Å². The van der Waals surface area contributed by atoms with Gasteiger partial charge in [0.15, 0.2) is 28.3 Å². The predicted octanol–water partition coefficient (Wildman–Crippen LogP) is 3.46. The molecule has 0 fully saturated rings. The lowest BCUT2D eigenvalue weighted by Crippen LogP contribution is -2.34. The number of rotatable bonds is 6. The Kier molecular flexibility index (Phi) is 5.99. The van der Waals surface area contributed by atoms with Crippen LogP contribution in [0, 0.1) is 24.4 Å². The van der Waals surface area contributed by atoms with E-state index >= 15 is 0 Å². The van der Waals surface area contributed by atoms with E-state index < -0.39 is 41.5 Å². The molecule has 0 aliphatic rings. The summed E-state index contributed by atoms with van der Waals surface area (Å²) in [5.74, 6) is -5.87. The zero-order valence-corrected chi connectivity index (χ0v) is 17.5. The number of fused-ring (bicyclic) bond motifs is 3. The summed E-state index contributed by atoms with van der Waals surface area (Å²) in [6.45, 7) is 1.51. The summed E-state index contributed by atoms with van der Waals surface area (Å²) in [5.41, 5.74) is 2.09. The van der Waals surface area contributed by atoms with Gasteiger partial charge in [-0.3, -0.25) is 14.0 Å². The fourth-order valence-electron chi connectivity index (χ4n) is 3.15. The summed E-state index contributed by atoms with van der Waals surface area (Å²) in [6, 6.07) is 11.2. The van der Waals surface area contributed by atoms with Gasteiger partial charge >= 0.3 is 0 Å². The maximum atomic E-state index is 13.6. The van der Waals surface area contributed by atoms with E-state index in [9.17, 15) is 22.8 Å². The first-order chi connectivity index (χ1) is 15.3. The van der Waals surface area contributed by atoms with Gasteiger partial charge < -0.3 is 10.6 Å². The van der Waals surface area contributed by atoms with Crippen molar-refractivity contribution in [3.8, 4) is 0 Å². The first-order valence-corrected chi connectivity index (χ1v) is 10.4. The van der Waals surface area contributed by atoms with Gasteiger partial charge in [-0.15, -0.1) is 10.2 Å². The molecule has 0 radical (unpaired) electrons. The van der Waals surface area contributed by atoms with E-state index in [1.165, 1.54) is 0 Å². The number of pyridine rings is 1. The Bertz CT molecular complexity index is 1360.